The summed E-state index contributed by atoms with van der Waals surface area (Å²) in [5, 5.41) is 10.7. The molecule has 0 saturated heterocycles. The van der Waals surface area contributed by atoms with Gasteiger partial charge in [0.2, 0.25) is 5.91 Å². The van der Waals surface area contributed by atoms with Crippen LogP contribution in [0.25, 0.3) is 5.69 Å². The molecule has 0 aliphatic carbocycles. The van der Waals surface area contributed by atoms with Gasteiger partial charge in [-0.05, 0) is 43.7 Å². The summed E-state index contributed by atoms with van der Waals surface area (Å²) in [6.45, 7) is 3.75. The number of hydrogen-bond acceptors (Lipinski definition) is 4. The van der Waals surface area contributed by atoms with E-state index in [1.54, 1.807) is 6.92 Å². The van der Waals surface area contributed by atoms with E-state index in [9.17, 15) is 18.0 Å². The maximum absolute atomic E-state index is 13.0. The van der Waals surface area contributed by atoms with Gasteiger partial charge in [0.15, 0.2) is 5.16 Å². The minimum Gasteiger partial charge on any atom is -0.325 e. The van der Waals surface area contributed by atoms with E-state index in [1.165, 1.54) is 6.07 Å². The number of anilines is 1. The molecule has 0 saturated carbocycles. The fourth-order valence-electron chi connectivity index (χ4n) is 2.68. The van der Waals surface area contributed by atoms with E-state index in [1.807, 2.05) is 35.8 Å². The number of rotatable bonds is 5. The zero-order valence-corrected chi connectivity index (χ0v) is 17.0. The van der Waals surface area contributed by atoms with Crippen LogP contribution in [0.5, 0.6) is 0 Å². The Hall–Kier alpha value is -2.52. The Labute approximate surface area is 174 Å². The third-order valence-corrected chi connectivity index (χ3v) is 5.30. The number of para-hydroxylation sites is 1. The van der Waals surface area contributed by atoms with Crippen molar-refractivity contribution >= 4 is 35.0 Å². The first-order chi connectivity index (χ1) is 13.7. The first-order valence-electron chi connectivity index (χ1n) is 8.44. The maximum atomic E-state index is 13.0. The van der Waals surface area contributed by atoms with Crippen LogP contribution in [-0.4, -0.2) is 26.4 Å². The van der Waals surface area contributed by atoms with E-state index in [0.717, 1.165) is 35.1 Å². The predicted molar refractivity (Wildman–Crippen MR) is 107 cm³/mol. The number of carbonyl (C=O) groups excluding carboxylic acids is 1. The van der Waals surface area contributed by atoms with Crippen molar-refractivity contribution in [3.63, 3.8) is 0 Å². The zero-order chi connectivity index (χ0) is 21.2. The van der Waals surface area contributed by atoms with Gasteiger partial charge in [-0.2, -0.15) is 13.2 Å². The van der Waals surface area contributed by atoms with Crippen molar-refractivity contribution in [2.24, 2.45) is 0 Å². The molecular weight excluding hydrogens is 425 g/mol. The maximum Gasteiger partial charge on any atom is 0.417 e. The molecule has 0 fully saturated rings. The van der Waals surface area contributed by atoms with Crippen LogP contribution in [0.1, 0.15) is 17.0 Å². The summed E-state index contributed by atoms with van der Waals surface area (Å²) < 4.78 is 40.7. The number of hydrogen-bond donors (Lipinski definition) is 1. The molecule has 0 aliphatic heterocycles. The smallest absolute Gasteiger partial charge is 0.325 e. The summed E-state index contributed by atoms with van der Waals surface area (Å²) in [5.74, 6) is 0.144. The highest BCUT2D eigenvalue weighted by molar-refractivity contribution is 7.99. The first kappa shape index (κ1) is 21.2. The molecule has 3 aromatic rings. The molecule has 0 unspecified atom stereocenters. The lowest BCUT2D eigenvalue weighted by Crippen LogP contribution is -2.15. The number of thioether (sulfide) groups is 1. The molecule has 0 bridgehead atoms. The van der Waals surface area contributed by atoms with Crippen LogP contribution in [0.3, 0.4) is 0 Å². The van der Waals surface area contributed by atoms with E-state index in [2.05, 4.69) is 15.5 Å². The Morgan fingerprint density at radius 2 is 1.90 bits per heavy atom. The molecule has 1 amide bonds. The monoisotopic (exact) mass is 440 g/mol. The highest BCUT2D eigenvalue weighted by atomic mass is 35.5. The van der Waals surface area contributed by atoms with Crippen LogP contribution in [0.15, 0.2) is 47.6 Å². The van der Waals surface area contributed by atoms with Crippen LogP contribution in [0.2, 0.25) is 5.02 Å². The average Bonchev–Trinajstić information content (AvgIpc) is 3.01. The molecular formula is C19H16ClF3N4OS. The number of alkyl halides is 3. The van der Waals surface area contributed by atoms with E-state index in [0.29, 0.717) is 11.0 Å². The quantitative estimate of drug-likeness (QED) is 0.548. The van der Waals surface area contributed by atoms with Gasteiger partial charge in [0, 0.05) is 5.69 Å². The van der Waals surface area contributed by atoms with Crippen LogP contribution in [0.4, 0.5) is 18.9 Å². The highest BCUT2D eigenvalue weighted by Crippen LogP contribution is 2.36. The SMILES string of the molecule is Cc1ccccc1-n1c(C)nnc1SCC(=O)Nc1ccc(Cl)c(C(F)(F)F)c1. The number of aryl methyl sites for hydroxylation is 2. The second kappa shape index (κ2) is 8.46. The Morgan fingerprint density at radius 3 is 2.59 bits per heavy atom. The van der Waals surface area contributed by atoms with E-state index in [-0.39, 0.29) is 11.4 Å². The second-order valence-corrected chi connectivity index (χ2v) is 7.53. The molecule has 0 aliphatic rings. The molecule has 29 heavy (non-hydrogen) atoms. The lowest BCUT2D eigenvalue weighted by molar-refractivity contribution is -0.137. The van der Waals surface area contributed by atoms with Gasteiger partial charge in [-0.3, -0.25) is 9.36 Å². The van der Waals surface area contributed by atoms with E-state index >= 15 is 0 Å². The third-order valence-electron chi connectivity index (χ3n) is 4.04. The minimum atomic E-state index is -4.60. The van der Waals surface area contributed by atoms with E-state index in [4.69, 9.17) is 11.6 Å². The molecule has 152 valence electrons. The first-order valence-corrected chi connectivity index (χ1v) is 9.80. The van der Waals surface area contributed by atoms with Crippen molar-refractivity contribution < 1.29 is 18.0 Å². The van der Waals surface area contributed by atoms with E-state index < -0.39 is 22.7 Å². The molecule has 1 aromatic heterocycles. The number of halogens is 4. The molecule has 1 N–H and O–H groups in total. The van der Waals surface area contributed by atoms with Crippen LogP contribution >= 0.6 is 23.4 Å². The molecule has 10 heteroatoms. The number of carbonyl (C=O) groups is 1. The number of amides is 1. The van der Waals surface area contributed by atoms with Crippen molar-refractivity contribution in [3.8, 4) is 5.69 Å². The van der Waals surface area contributed by atoms with Gasteiger partial charge in [0.25, 0.3) is 0 Å². The average molecular weight is 441 g/mol. The van der Waals surface area contributed by atoms with Crippen molar-refractivity contribution in [2.75, 3.05) is 11.1 Å². The Kier molecular flexibility index (Phi) is 6.18. The Balaban J connectivity index is 1.72. The van der Waals surface area contributed by atoms with Crippen LogP contribution in [0, 0.1) is 13.8 Å². The van der Waals surface area contributed by atoms with Gasteiger partial charge in [0.05, 0.1) is 22.0 Å². The van der Waals surface area contributed by atoms with Gasteiger partial charge >= 0.3 is 6.18 Å². The molecule has 5 nitrogen and oxygen atoms in total. The van der Waals surface area contributed by atoms with Crippen LogP contribution in [-0.2, 0) is 11.0 Å². The Morgan fingerprint density at radius 1 is 1.17 bits per heavy atom. The van der Waals surface area contributed by atoms with Crippen LogP contribution < -0.4 is 5.32 Å². The van der Waals surface area contributed by atoms with Gasteiger partial charge in [0.1, 0.15) is 5.82 Å². The summed E-state index contributed by atoms with van der Waals surface area (Å²) >= 11 is 6.74. The largest absolute Gasteiger partial charge is 0.417 e. The van der Waals surface area contributed by atoms with Crippen molar-refractivity contribution in [1.82, 2.24) is 14.8 Å². The Bertz CT molecular complexity index is 1050. The van der Waals surface area contributed by atoms with Crippen molar-refractivity contribution in [3.05, 3.63) is 64.4 Å². The molecule has 3 rings (SSSR count). The van der Waals surface area contributed by atoms with Crippen molar-refractivity contribution in [1.29, 1.82) is 0 Å². The summed E-state index contributed by atoms with van der Waals surface area (Å²) in [7, 11) is 0. The third kappa shape index (κ3) is 4.91. The summed E-state index contributed by atoms with van der Waals surface area (Å²) in [5.41, 5.74) is 0.927. The fourth-order valence-corrected chi connectivity index (χ4v) is 3.69. The van der Waals surface area contributed by atoms with Gasteiger partial charge in [-0.1, -0.05) is 41.6 Å². The zero-order valence-electron chi connectivity index (χ0n) is 15.4. The van der Waals surface area contributed by atoms with Gasteiger partial charge in [-0.25, -0.2) is 0 Å². The molecule has 0 radical (unpaired) electrons. The lowest BCUT2D eigenvalue weighted by Gasteiger charge is -2.12. The standard InChI is InChI=1S/C19H16ClF3N4OS/c1-11-5-3-4-6-16(11)27-12(2)25-26-18(27)29-10-17(28)24-13-7-8-15(20)14(9-13)19(21,22)23/h3-9H,10H2,1-2H3,(H,24,28). The highest BCUT2D eigenvalue weighted by Gasteiger charge is 2.33. The summed E-state index contributed by atoms with van der Waals surface area (Å²) in [6, 6.07) is 10.9. The second-order valence-electron chi connectivity index (χ2n) is 6.18. The lowest BCUT2D eigenvalue weighted by atomic mass is 10.2. The summed E-state index contributed by atoms with van der Waals surface area (Å²) in [4.78, 5) is 12.2. The molecule has 0 spiro atoms. The fraction of sp³-hybridized carbons (Fsp3) is 0.211. The number of nitrogens with zero attached hydrogens (tertiary/aromatic N) is 3. The number of nitrogens with one attached hydrogen (secondary N) is 1. The normalized spacial score (nSPS) is 11.5. The molecule has 1 heterocycles. The van der Waals surface area contributed by atoms with Crippen molar-refractivity contribution in [2.45, 2.75) is 25.2 Å². The minimum absolute atomic E-state index is 0.0175. The number of aromatic nitrogens is 3. The van der Waals surface area contributed by atoms with Gasteiger partial charge in [-0.15, -0.1) is 10.2 Å². The van der Waals surface area contributed by atoms with Gasteiger partial charge < -0.3 is 5.32 Å². The molecule has 2 aromatic carbocycles. The summed E-state index contributed by atoms with van der Waals surface area (Å²) in [6.07, 6.45) is -4.60. The topological polar surface area (TPSA) is 59.8 Å². The number of benzene rings is 2. The molecule has 0 atom stereocenters. The predicted octanol–water partition coefficient (Wildman–Crippen LogP) is 5.29.